The van der Waals surface area contributed by atoms with Gasteiger partial charge < -0.3 is 10.2 Å². The van der Waals surface area contributed by atoms with Crippen molar-refractivity contribution in [1.29, 1.82) is 0 Å². The van der Waals surface area contributed by atoms with Crippen LogP contribution in [0.5, 0.6) is 0 Å². The fourth-order valence-corrected chi connectivity index (χ4v) is 2.82. The Bertz CT molecular complexity index is 424. The number of halogens is 1. The van der Waals surface area contributed by atoms with Crippen LogP contribution in [0.4, 0.5) is 5.69 Å². The Labute approximate surface area is 121 Å². The Morgan fingerprint density at radius 2 is 1.79 bits per heavy atom. The van der Waals surface area contributed by atoms with Gasteiger partial charge in [-0.25, -0.2) is 0 Å². The van der Waals surface area contributed by atoms with E-state index < -0.39 is 0 Å². The highest BCUT2D eigenvalue weighted by Gasteiger charge is 2.29. The molecule has 3 heteroatoms. The molecule has 2 saturated carbocycles. The van der Waals surface area contributed by atoms with Gasteiger partial charge in [0.1, 0.15) is 0 Å². The van der Waals surface area contributed by atoms with Gasteiger partial charge in [-0.1, -0.05) is 17.7 Å². The number of nitrogens with zero attached hydrogens (tertiary/aromatic N) is 1. The Morgan fingerprint density at radius 3 is 2.26 bits per heavy atom. The third-order valence-corrected chi connectivity index (χ3v) is 4.47. The van der Waals surface area contributed by atoms with Gasteiger partial charge in [-0.15, -0.1) is 0 Å². The van der Waals surface area contributed by atoms with E-state index in [1.54, 1.807) is 0 Å². The zero-order valence-electron chi connectivity index (χ0n) is 11.7. The Balaban J connectivity index is 1.73. The maximum absolute atomic E-state index is 6.39. The first-order valence-corrected chi connectivity index (χ1v) is 7.82. The molecule has 0 amide bonds. The van der Waals surface area contributed by atoms with Crippen molar-refractivity contribution >= 4 is 17.3 Å². The summed E-state index contributed by atoms with van der Waals surface area (Å²) in [5, 5.41) is 4.05. The molecule has 1 aromatic carbocycles. The van der Waals surface area contributed by atoms with Gasteiger partial charge in [0, 0.05) is 30.3 Å². The van der Waals surface area contributed by atoms with E-state index in [0.717, 1.165) is 23.4 Å². The highest BCUT2D eigenvalue weighted by molar-refractivity contribution is 6.31. The Kier molecular flexibility index (Phi) is 3.99. The molecule has 104 valence electrons. The van der Waals surface area contributed by atoms with Crippen LogP contribution in [0.3, 0.4) is 0 Å². The minimum atomic E-state index is 0.838. The Morgan fingerprint density at radius 1 is 1.16 bits per heavy atom. The van der Waals surface area contributed by atoms with Gasteiger partial charge in [-0.2, -0.15) is 0 Å². The van der Waals surface area contributed by atoms with Crippen LogP contribution < -0.4 is 10.2 Å². The van der Waals surface area contributed by atoms with E-state index in [4.69, 9.17) is 11.6 Å². The summed E-state index contributed by atoms with van der Waals surface area (Å²) in [6.07, 6.45) is 5.64. The molecule has 0 radical (unpaired) electrons. The first-order chi connectivity index (χ1) is 9.26. The molecular formula is C16H23ClN2. The monoisotopic (exact) mass is 278 g/mol. The molecule has 0 aliphatic heterocycles. The molecule has 0 spiro atoms. The van der Waals surface area contributed by atoms with Crippen molar-refractivity contribution in [2.75, 3.05) is 25.0 Å². The van der Waals surface area contributed by atoms with Crippen LogP contribution >= 0.6 is 11.6 Å². The van der Waals surface area contributed by atoms with E-state index in [-0.39, 0.29) is 0 Å². The van der Waals surface area contributed by atoms with Gasteiger partial charge in [0.25, 0.3) is 0 Å². The van der Waals surface area contributed by atoms with Crippen LogP contribution in [-0.4, -0.2) is 20.1 Å². The first-order valence-electron chi connectivity index (χ1n) is 7.44. The highest BCUT2D eigenvalue weighted by Crippen LogP contribution is 2.36. The maximum atomic E-state index is 6.39. The predicted octanol–water partition coefficient (Wildman–Crippen LogP) is 3.69. The normalized spacial score (nSPS) is 18.6. The molecule has 19 heavy (non-hydrogen) atoms. The molecule has 1 N–H and O–H groups in total. The van der Waals surface area contributed by atoms with Crippen molar-refractivity contribution < 1.29 is 0 Å². The van der Waals surface area contributed by atoms with E-state index in [2.05, 4.69) is 28.4 Å². The molecule has 2 fully saturated rings. The largest absolute Gasteiger partial charge is 0.371 e. The fourth-order valence-electron chi connectivity index (χ4n) is 2.58. The predicted molar refractivity (Wildman–Crippen MR) is 81.9 cm³/mol. The van der Waals surface area contributed by atoms with Crippen LogP contribution in [0.2, 0.25) is 5.02 Å². The average molecular weight is 279 g/mol. The molecule has 2 aliphatic carbocycles. The highest BCUT2D eigenvalue weighted by atomic mass is 35.5. The van der Waals surface area contributed by atoms with Gasteiger partial charge in [0.15, 0.2) is 0 Å². The molecule has 1 aromatic rings. The van der Waals surface area contributed by atoms with Gasteiger partial charge >= 0.3 is 0 Å². The third-order valence-electron chi connectivity index (χ3n) is 4.12. The minimum Gasteiger partial charge on any atom is -0.371 e. The number of nitrogens with one attached hydrogen (secondary N) is 1. The summed E-state index contributed by atoms with van der Waals surface area (Å²) in [5.74, 6) is 1.85. The van der Waals surface area contributed by atoms with Crippen molar-refractivity contribution in [1.82, 2.24) is 5.32 Å². The quantitative estimate of drug-likeness (QED) is 0.818. The summed E-state index contributed by atoms with van der Waals surface area (Å²) in [5.41, 5.74) is 2.49. The smallest absolute Gasteiger partial charge is 0.0471 e. The average Bonchev–Trinajstić information content (AvgIpc) is 3.26. The lowest BCUT2D eigenvalue weighted by atomic mass is 10.1. The summed E-state index contributed by atoms with van der Waals surface area (Å²) in [6.45, 7) is 3.28. The molecule has 0 aromatic heterocycles. The molecule has 0 bridgehead atoms. The van der Waals surface area contributed by atoms with Crippen molar-refractivity contribution in [3.05, 3.63) is 28.8 Å². The Hall–Kier alpha value is -0.730. The summed E-state index contributed by atoms with van der Waals surface area (Å²) >= 11 is 6.39. The molecule has 0 heterocycles. The summed E-state index contributed by atoms with van der Waals surface area (Å²) in [6, 6.07) is 6.56. The first kappa shape index (κ1) is 13.3. The lowest BCUT2D eigenvalue weighted by molar-refractivity contribution is 0.679. The third kappa shape index (κ3) is 3.64. The van der Waals surface area contributed by atoms with Gasteiger partial charge in [0.2, 0.25) is 0 Å². The molecule has 3 rings (SSSR count). The van der Waals surface area contributed by atoms with E-state index >= 15 is 0 Å². The van der Waals surface area contributed by atoms with E-state index in [1.165, 1.54) is 50.0 Å². The second-order valence-electron chi connectivity index (χ2n) is 6.10. The zero-order chi connectivity index (χ0) is 13.2. The zero-order valence-corrected chi connectivity index (χ0v) is 12.4. The van der Waals surface area contributed by atoms with E-state index in [1.807, 2.05) is 7.05 Å². The summed E-state index contributed by atoms with van der Waals surface area (Å²) in [4.78, 5) is 2.56. The maximum Gasteiger partial charge on any atom is 0.0471 e. The summed E-state index contributed by atoms with van der Waals surface area (Å²) in [7, 11) is 1.96. The lowest BCUT2D eigenvalue weighted by Gasteiger charge is -2.25. The number of benzene rings is 1. The number of hydrogen-bond acceptors (Lipinski definition) is 2. The topological polar surface area (TPSA) is 15.3 Å². The molecule has 2 nitrogen and oxygen atoms in total. The molecular weight excluding hydrogens is 256 g/mol. The van der Waals surface area contributed by atoms with Crippen LogP contribution in [-0.2, 0) is 6.54 Å². The van der Waals surface area contributed by atoms with Gasteiger partial charge in [-0.3, -0.25) is 0 Å². The van der Waals surface area contributed by atoms with Crippen LogP contribution in [0.15, 0.2) is 18.2 Å². The van der Waals surface area contributed by atoms with Gasteiger partial charge in [0.05, 0.1) is 0 Å². The van der Waals surface area contributed by atoms with Crippen LogP contribution in [0, 0.1) is 11.8 Å². The standard InChI is InChI=1S/C16H23ClN2/c1-18-9-14-6-7-15(8-16(14)17)19(10-12-2-3-12)11-13-4-5-13/h6-8,12-13,18H,2-5,9-11H2,1H3. The van der Waals surface area contributed by atoms with E-state index in [9.17, 15) is 0 Å². The number of hydrogen-bond donors (Lipinski definition) is 1. The molecule has 2 aliphatic rings. The SMILES string of the molecule is CNCc1ccc(N(CC2CC2)CC2CC2)cc1Cl. The second-order valence-corrected chi connectivity index (χ2v) is 6.50. The molecule has 0 saturated heterocycles. The minimum absolute atomic E-state index is 0.838. The van der Waals surface area contributed by atoms with Crippen molar-refractivity contribution in [2.45, 2.75) is 32.2 Å². The van der Waals surface area contributed by atoms with Crippen molar-refractivity contribution in [3.63, 3.8) is 0 Å². The second kappa shape index (κ2) is 5.72. The lowest BCUT2D eigenvalue weighted by Crippen LogP contribution is -2.28. The number of rotatable bonds is 7. The van der Waals surface area contributed by atoms with Gasteiger partial charge in [-0.05, 0) is 62.3 Å². The van der Waals surface area contributed by atoms with Crippen LogP contribution in [0.1, 0.15) is 31.2 Å². The molecule has 0 unspecified atom stereocenters. The van der Waals surface area contributed by atoms with Crippen molar-refractivity contribution in [3.8, 4) is 0 Å². The fraction of sp³-hybridized carbons (Fsp3) is 0.625. The van der Waals surface area contributed by atoms with Crippen molar-refractivity contribution in [2.24, 2.45) is 11.8 Å². The number of anilines is 1. The van der Waals surface area contributed by atoms with Crippen LogP contribution in [0.25, 0.3) is 0 Å². The van der Waals surface area contributed by atoms with E-state index in [0.29, 0.717) is 0 Å². The molecule has 0 atom stereocenters. The summed E-state index contributed by atoms with van der Waals surface area (Å²) < 4.78 is 0.